The Morgan fingerprint density at radius 2 is 2.28 bits per heavy atom. The normalized spacial score (nSPS) is 24.8. The third kappa shape index (κ3) is 4.93. The predicted molar refractivity (Wildman–Crippen MR) is 73.4 cm³/mol. The van der Waals surface area contributed by atoms with E-state index in [0.29, 0.717) is 12.1 Å². The van der Waals surface area contributed by atoms with Crippen LogP contribution in [0.2, 0.25) is 0 Å². The van der Waals surface area contributed by atoms with Crippen molar-refractivity contribution in [3.63, 3.8) is 0 Å². The highest BCUT2D eigenvalue weighted by Crippen LogP contribution is 2.14. The molecule has 1 fully saturated rings. The van der Waals surface area contributed by atoms with Gasteiger partial charge in [0.1, 0.15) is 5.54 Å². The molecule has 0 bridgehead atoms. The number of nitrogens with zero attached hydrogens (tertiary/aromatic N) is 2. The minimum atomic E-state index is -0.422. The second-order valence-electron chi connectivity index (χ2n) is 5.69. The predicted octanol–water partition coefficient (Wildman–Crippen LogP) is 1.77. The molecular formula is C14H27N3O. The highest BCUT2D eigenvalue weighted by molar-refractivity contribution is 5.04. The van der Waals surface area contributed by atoms with Crippen LogP contribution in [0.15, 0.2) is 0 Å². The molecule has 104 valence electrons. The number of nitriles is 1. The van der Waals surface area contributed by atoms with Gasteiger partial charge in [0.2, 0.25) is 0 Å². The van der Waals surface area contributed by atoms with Crippen LogP contribution in [0, 0.1) is 11.3 Å². The van der Waals surface area contributed by atoms with Crippen LogP contribution in [0.25, 0.3) is 0 Å². The largest absolute Gasteiger partial charge is 0.376 e. The smallest absolute Gasteiger partial charge is 0.105 e. The minimum absolute atomic E-state index is 0.336. The topological polar surface area (TPSA) is 48.3 Å². The van der Waals surface area contributed by atoms with Gasteiger partial charge in [-0.3, -0.25) is 10.2 Å². The van der Waals surface area contributed by atoms with Gasteiger partial charge in [-0.2, -0.15) is 5.26 Å². The van der Waals surface area contributed by atoms with Gasteiger partial charge in [-0.05, 0) is 33.6 Å². The first-order valence-electron chi connectivity index (χ1n) is 7.02. The molecule has 0 aromatic heterocycles. The fourth-order valence-electron chi connectivity index (χ4n) is 2.41. The van der Waals surface area contributed by atoms with Crippen molar-refractivity contribution in [1.29, 1.82) is 5.26 Å². The standard InChI is InChI=1S/C14H27N3O/c1-5-13-10-17(8-9-18-13)7-6-14(4,11-15)16-12(2)3/h12-13,16H,5-10H2,1-4H3. The Morgan fingerprint density at radius 1 is 1.56 bits per heavy atom. The summed E-state index contributed by atoms with van der Waals surface area (Å²) in [4.78, 5) is 2.41. The Balaban J connectivity index is 2.40. The van der Waals surface area contributed by atoms with Gasteiger partial charge in [-0.1, -0.05) is 6.92 Å². The summed E-state index contributed by atoms with van der Waals surface area (Å²) in [6.07, 6.45) is 2.29. The summed E-state index contributed by atoms with van der Waals surface area (Å²) in [5, 5.41) is 12.7. The van der Waals surface area contributed by atoms with Crippen molar-refractivity contribution in [1.82, 2.24) is 10.2 Å². The van der Waals surface area contributed by atoms with Gasteiger partial charge in [0.15, 0.2) is 0 Å². The zero-order valence-electron chi connectivity index (χ0n) is 12.2. The molecule has 1 aliphatic rings. The Bertz CT molecular complexity index is 287. The number of nitrogens with one attached hydrogen (secondary N) is 1. The molecule has 0 spiro atoms. The SMILES string of the molecule is CCC1CN(CCC(C)(C#N)NC(C)C)CCO1. The Morgan fingerprint density at radius 3 is 2.83 bits per heavy atom. The van der Waals surface area contributed by atoms with Crippen LogP contribution in [0.4, 0.5) is 0 Å². The Hall–Kier alpha value is -0.630. The van der Waals surface area contributed by atoms with Gasteiger partial charge >= 0.3 is 0 Å². The number of ether oxygens (including phenoxy) is 1. The summed E-state index contributed by atoms with van der Waals surface area (Å²) in [7, 11) is 0. The van der Waals surface area contributed by atoms with Crippen LogP contribution in [0.1, 0.15) is 40.5 Å². The fraction of sp³-hybridized carbons (Fsp3) is 0.929. The maximum Gasteiger partial charge on any atom is 0.105 e. The zero-order valence-corrected chi connectivity index (χ0v) is 12.2. The molecule has 4 nitrogen and oxygen atoms in total. The van der Waals surface area contributed by atoms with E-state index in [2.05, 4.69) is 37.1 Å². The molecule has 1 N–H and O–H groups in total. The third-order valence-electron chi connectivity index (χ3n) is 3.46. The van der Waals surface area contributed by atoms with Crippen LogP contribution < -0.4 is 5.32 Å². The molecule has 0 saturated carbocycles. The molecular weight excluding hydrogens is 226 g/mol. The second kappa shape index (κ2) is 7.08. The van der Waals surface area contributed by atoms with E-state index in [-0.39, 0.29) is 0 Å². The van der Waals surface area contributed by atoms with Gasteiger partial charge < -0.3 is 4.74 Å². The molecule has 2 atom stereocenters. The lowest BCUT2D eigenvalue weighted by atomic mass is 9.98. The summed E-state index contributed by atoms with van der Waals surface area (Å²) < 4.78 is 5.66. The van der Waals surface area contributed by atoms with E-state index >= 15 is 0 Å². The van der Waals surface area contributed by atoms with Gasteiger partial charge in [-0.15, -0.1) is 0 Å². The van der Waals surface area contributed by atoms with Crippen molar-refractivity contribution < 1.29 is 4.74 Å². The molecule has 0 amide bonds. The Labute approximate surface area is 111 Å². The first-order chi connectivity index (χ1) is 8.49. The van der Waals surface area contributed by atoms with E-state index in [9.17, 15) is 5.26 Å². The molecule has 2 unspecified atom stereocenters. The molecule has 1 heterocycles. The summed E-state index contributed by atoms with van der Waals surface area (Å²) in [6.45, 7) is 12.1. The minimum Gasteiger partial charge on any atom is -0.376 e. The lowest BCUT2D eigenvalue weighted by Crippen LogP contribution is -2.49. The monoisotopic (exact) mass is 253 g/mol. The lowest BCUT2D eigenvalue weighted by Gasteiger charge is -2.35. The molecule has 0 aromatic carbocycles. The van der Waals surface area contributed by atoms with Gasteiger partial charge in [0.25, 0.3) is 0 Å². The molecule has 1 rings (SSSR count). The van der Waals surface area contributed by atoms with Crippen LogP contribution in [-0.2, 0) is 4.74 Å². The van der Waals surface area contributed by atoms with E-state index in [1.165, 1.54) is 0 Å². The first-order valence-corrected chi connectivity index (χ1v) is 7.02. The quantitative estimate of drug-likeness (QED) is 0.783. The summed E-state index contributed by atoms with van der Waals surface area (Å²) in [5.41, 5.74) is -0.422. The summed E-state index contributed by atoms with van der Waals surface area (Å²) in [5.74, 6) is 0. The molecule has 1 aliphatic heterocycles. The van der Waals surface area contributed by atoms with Crippen LogP contribution >= 0.6 is 0 Å². The fourth-order valence-corrected chi connectivity index (χ4v) is 2.41. The highest BCUT2D eigenvalue weighted by Gasteiger charge is 2.26. The van der Waals surface area contributed by atoms with Crippen LogP contribution in [0.3, 0.4) is 0 Å². The molecule has 0 aromatic rings. The average molecular weight is 253 g/mol. The third-order valence-corrected chi connectivity index (χ3v) is 3.46. The van der Waals surface area contributed by atoms with Crippen molar-refractivity contribution in [2.24, 2.45) is 0 Å². The second-order valence-corrected chi connectivity index (χ2v) is 5.69. The van der Waals surface area contributed by atoms with Gasteiger partial charge in [-0.25, -0.2) is 0 Å². The highest BCUT2D eigenvalue weighted by atomic mass is 16.5. The molecule has 18 heavy (non-hydrogen) atoms. The van der Waals surface area contributed by atoms with Crippen molar-refractivity contribution in [3.05, 3.63) is 0 Å². The van der Waals surface area contributed by atoms with Gasteiger partial charge in [0.05, 0.1) is 18.8 Å². The molecule has 0 radical (unpaired) electrons. The summed E-state index contributed by atoms with van der Waals surface area (Å²) in [6, 6.07) is 2.74. The maximum absolute atomic E-state index is 9.31. The molecule has 1 saturated heterocycles. The van der Waals surface area contributed by atoms with Crippen LogP contribution in [-0.4, -0.2) is 48.8 Å². The number of rotatable bonds is 6. The lowest BCUT2D eigenvalue weighted by molar-refractivity contribution is -0.0311. The first kappa shape index (κ1) is 15.4. The number of hydrogen-bond donors (Lipinski definition) is 1. The maximum atomic E-state index is 9.31. The molecule has 0 aliphatic carbocycles. The number of hydrogen-bond acceptors (Lipinski definition) is 4. The average Bonchev–Trinajstić information content (AvgIpc) is 2.36. The van der Waals surface area contributed by atoms with Crippen molar-refractivity contribution in [2.45, 2.75) is 58.2 Å². The van der Waals surface area contributed by atoms with Crippen molar-refractivity contribution in [3.8, 4) is 6.07 Å². The van der Waals surface area contributed by atoms with Crippen molar-refractivity contribution >= 4 is 0 Å². The Kier molecular flexibility index (Phi) is 6.07. The van der Waals surface area contributed by atoms with E-state index in [1.54, 1.807) is 0 Å². The van der Waals surface area contributed by atoms with E-state index < -0.39 is 5.54 Å². The van der Waals surface area contributed by atoms with Crippen LogP contribution in [0.5, 0.6) is 0 Å². The summed E-state index contributed by atoms with van der Waals surface area (Å²) >= 11 is 0. The zero-order chi connectivity index (χ0) is 13.6. The van der Waals surface area contributed by atoms with E-state index in [0.717, 1.165) is 39.1 Å². The van der Waals surface area contributed by atoms with Gasteiger partial charge in [0, 0.05) is 25.7 Å². The molecule has 4 heteroatoms. The number of morpholine rings is 1. The van der Waals surface area contributed by atoms with E-state index in [1.807, 2.05) is 6.92 Å². The van der Waals surface area contributed by atoms with Crippen molar-refractivity contribution in [2.75, 3.05) is 26.2 Å². The van der Waals surface area contributed by atoms with E-state index in [4.69, 9.17) is 4.74 Å².